The third-order valence-corrected chi connectivity index (χ3v) is 3.48. The molecular formula is C9H5ClF6O2S. The SMILES string of the molecule is Cc1cc(C(F)(F)F)c(S(=O)(=O)Cl)c(C(F)(F)F)c1. The Hall–Kier alpha value is -0.960. The topological polar surface area (TPSA) is 34.1 Å². The summed E-state index contributed by atoms with van der Waals surface area (Å²) in [6.07, 6.45) is -10.5. The van der Waals surface area contributed by atoms with E-state index < -0.39 is 37.4 Å². The van der Waals surface area contributed by atoms with Gasteiger partial charge in [0.1, 0.15) is 4.90 Å². The molecule has 0 aromatic heterocycles. The van der Waals surface area contributed by atoms with Gasteiger partial charge in [-0.15, -0.1) is 0 Å². The van der Waals surface area contributed by atoms with Gasteiger partial charge in [0.05, 0.1) is 11.1 Å². The molecule has 0 saturated carbocycles. The number of halogens is 7. The molecule has 0 aliphatic carbocycles. The van der Waals surface area contributed by atoms with Crippen molar-refractivity contribution < 1.29 is 34.8 Å². The van der Waals surface area contributed by atoms with Crippen LogP contribution >= 0.6 is 10.7 Å². The molecule has 1 rings (SSSR count). The van der Waals surface area contributed by atoms with Gasteiger partial charge in [-0.05, 0) is 24.6 Å². The van der Waals surface area contributed by atoms with Crippen molar-refractivity contribution in [3.63, 3.8) is 0 Å². The van der Waals surface area contributed by atoms with E-state index in [2.05, 4.69) is 0 Å². The number of rotatable bonds is 1. The van der Waals surface area contributed by atoms with Crippen LogP contribution < -0.4 is 0 Å². The van der Waals surface area contributed by atoms with Crippen LogP contribution in [0.1, 0.15) is 16.7 Å². The van der Waals surface area contributed by atoms with Crippen molar-refractivity contribution in [2.75, 3.05) is 0 Å². The molecule has 0 spiro atoms. The Balaban J connectivity index is 3.91. The predicted molar refractivity (Wildman–Crippen MR) is 54.2 cm³/mol. The van der Waals surface area contributed by atoms with E-state index in [0.29, 0.717) is 12.1 Å². The maximum atomic E-state index is 12.6. The summed E-state index contributed by atoms with van der Waals surface area (Å²) in [5.74, 6) is 0. The second kappa shape index (κ2) is 4.55. The zero-order valence-electron chi connectivity index (χ0n) is 9.03. The maximum Gasteiger partial charge on any atom is 0.417 e. The van der Waals surface area contributed by atoms with Crippen molar-refractivity contribution in [2.24, 2.45) is 0 Å². The smallest absolute Gasteiger partial charge is 0.207 e. The van der Waals surface area contributed by atoms with Crippen molar-refractivity contribution in [1.29, 1.82) is 0 Å². The highest BCUT2D eigenvalue weighted by molar-refractivity contribution is 8.13. The molecule has 0 aliphatic heterocycles. The quantitative estimate of drug-likeness (QED) is 0.578. The lowest BCUT2D eigenvalue weighted by Gasteiger charge is -2.17. The minimum absolute atomic E-state index is 0.296. The molecule has 0 N–H and O–H groups in total. The first-order valence-corrected chi connectivity index (χ1v) is 6.79. The fraction of sp³-hybridized carbons (Fsp3) is 0.333. The van der Waals surface area contributed by atoms with Crippen molar-refractivity contribution in [1.82, 2.24) is 0 Å². The lowest BCUT2D eigenvalue weighted by Crippen LogP contribution is -2.18. The lowest BCUT2D eigenvalue weighted by molar-refractivity contribution is -0.147. The van der Waals surface area contributed by atoms with Crippen molar-refractivity contribution in [3.8, 4) is 0 Å². The molecule has 0 bridgehead atoms. The molecule has 0 fully saturated rings. The number of benzene rings is 1. The minimum atomic E-state index is -5.27. The zero-order valence-corrected chi connectivity index (χ0v) is 10.6. The molecule has 0 aliphatic rings. The largest absolute Gasteiger partial charge is 0.417 e. The molecule has 0 heterocycles. The second-order valence-corrected chi connectivity index (χ2v) is 6.13. The third kappa shape index (κ3) is 3.53. The molecule has 1 aromatic carbocycles. The van der Waals surface area contributed by atoms with Gasteiger partial charge in [0, 0.05) is 10.7 Å². The number of alkyl halides is 6. The maximum absolute atomic E-state index is 12.6. The Kier molecular flexibility index (Phi) is 3.85. The van der Waals surface area contributed by atoms with Gasteiger partial charge < -0.3 is 0 Å². The third-order valence-electron chi connectivity index (χ3n) is 2.09. The van der Waals surface area contributed by atoms with Crippen LogP contribution in [0.5, 0.6) is 0 Å². The summed E-state index contributed by atoms with van der Waals surface area (Å²) < 4.78 is 97.9. The molecule has 0 saturated heterocycles. The molecule has 2 nitrogen and oxygen atoms in total. The first-order valence-electron chi connectivity index (χ1n) is 4.48. The molecular weight excluding hydrogens is 322 g/mol. The standard InChI is InChI=1S/C9H5ClF6O2S/c1-4-2-5(8(11,12)13)7(19(10,17)18)6(3-4)9(14,15)16/h2-3H,1H3. The summed E-state index contributed by atoms with van der Waals surface area (Å²) in [6, 6.07) is 0.592. The van der Waals surface area contributed by atoms with Gasteiger partial charge >= 0.3 is 12.4 Å². The first kappa shape index (κ1) is 16.1. The average Bonchev–Trinajstić information content (AvgIpc) is 2.11. The monoisotopic (exact) mass is 326 g/mol. The van der Waals surface area contributed by atoms with Crippen LogP contribution in [0.4, 0.5) is 26.3 Å². The van der Waals surface area contributed by atoms with Crippen molar-refractivity contribution >= 4 is 19.7 Å². The van der Waals surface area contributed by atoms with E-state index >= 15 is 0 Å². The molecule has 0 amide bonds. The van der Waals surface area contributed by atoms with Crippen LogP contribution in [0.3, 0.4) is 0 Å². The van der Waals surface area contributed by atoms with Crippen molar-refractivity contribution in [2.45, 2.75) is 24.2 Å². The van der Waals surface area contributed by atoms with Crippen LogP contribution in [0.2, 0.25) is 0 Å². The lowest BCUT2D eigenvalue weighted by atomic mass is 10.1. The van der Waals surface area contributed by atoms with E-state index in [1.165, 1.54) is 0 Å². The molecule has 0 atom stereocenters. The van der Waals surface area contributed by atoms with Crippen molar-refractivity contribution in [3.05, 3.63) is 28.8 Å². The minimum Gasteiger partial charge on any atom is -0.207 e. The summed E-state index contributed by atoms with van der Waals surface area (Å²) in [5, 5.41) is 0. The van der Waals surface area contributed by atoms with Gasteiger partial charge in [0.25, 0.3) is 9.05 Å². The van der Waals surface area contributed by atoms with E-state index in [4.69, 9.17) is 10.7 Å². The molecule has 19 heavy (non-hydrogen) atoms. The number of aryl methyl sites for hydroxylation is 1. The number of hydrogen-bond acceptors (Lipinski definition) is 2. The molecule has 0 unspecified atom stereocenters. The van der Waals surface area contributed by atoms with Crippen LogP contribution in [0.15, 0.2) is 17.0 Å². The summed E-state index contributed by atoms with van der Waals surface area (Å²) in [4.78, 5) is -1.97. The highest BCUT2D eigenvalue weighted by Gasteiger charge is 2.44. The molecule has 0 radical (unpaired) electrons. The van der Waals surface area contributed by atoms with Gasteiger partial charge in [-0.1, -0.05) is 0 Å². The van der Waals surface area contributed by atoms with E-state index in [0.717, 1.165) is 6.92 Å². The van der Waals surface area contributed by atoms with Gasteiger partial charge in [-0.3, -0.25) is 0 Å². The molecule has 1 aromatic rings. The Bertz CT molecular complexity index is 567. The summed E-state index contributed by atoms with van der Waals surface area (Å²) in [6.45, 7) is 0.981. The first-order chi connectivity index (χ1) is 8.24. The van der Waals surface area contributed by atoms with Gasteiger partial charge in [-0.2, -0.15) is 26.3 Å². The summed E-state index contributed by atoms with van der Waals surface area (Å²) in [5.41, 5.74) is -4.26. The van der Waals surface area contributed by atoms with Gasteiger partial charge in [0.15, 0.2) is 0 Å². The second-order valence-electron chi connectivity index (χ2n) is 3.62. The Morgan fingerprint density at radius 3 is 1.47 bits per heavy atom. The highest BCUT2D eigenvalue weighted by atomic mass is 35.7. The van der Waals surface area contributed by atoms with E-state index in [9.17, 15) is 34.8 Å². The van der Waals surface area contributed by atoms with Gasteiger partial charge in [0.2, 0.25) is 0 Å². The normalized spacial score (nSPS) is 13.7. The van der Waals surface area contributed by atoms with E-state index in [1.54, 1.807) is 0 Å². The van der Waals surface area contributed by atoms with E-state index in [1.807, 2.05) is 0 Å². The van der Waals surface area contributed by atoms with Gasteiger partial charge in [-0.25, -0.2) is 8.42 Å². The molecule has 10 heteroatoms. The van der Waals surface area contributed by atoms with Crippen LogP contribution in [-0.2, 0) is 21.4 Å². The van der Waals surface area contributed by atoms with Crippen LogP contribution in [0.25, 0.3) is 0 Å². The van der Waals surface area contributed by atoms with Crippen LogP contribution in [0, 0.1) is 6.92 Å². The highest BCUT2D eigenvalue weighted by Crippen LogP contribution is 2.43. The van der Waals surface area contributed by atoms with E-state index in [-0.39, 0.29) is 5.56 Å². The Morgan fingerprint density at radius 2 is 1.26 bits per heavy atom. The summed E-state index contributed by atoms with van der Waals surface area (Å²) in [7, 11) is -0.509. The zero-order chi connectivity index (χ0) is 15.2. The van der Waals surface area contributed by atoms with Crippen LogP contribution in [-0.4, -0.2) is 8.42 Å². The fourth-order valence-corrected chi connectivity index (χ4v) is 2.83. The average molecular weight is 327 g/mol. The molecule has 108 valence electrons. The fourth-order valence-electron chi connectivity index (χ4n) is 1.46. The number of hydrogen-bond donors (Lipinski definition) is 0. The Labute approximate surface area is 108 Å². The Morgan fingerprint density at radius 1 is 0.947 bits per heavy atom. The summed E-state index contributed by atoms with van der Waals surface area (Å²) >= 11 is 0. The predicted octanol–water partition coefficient (Wildman–Crippen LogP) is 3.96.